The highest BCUT2D eigenvalue weighted by Gasteiger charge is 2.29. The molecule has 1 fully saturated rings. The highest BCUT2D eigenvalue weighted by Crippen LogP contribution is 2.31. The molecule has 1 saturated heterocycles. The maximum absolute atomic E-state index is 12.4. The number of likely N-dealkylation sites (N-methyl/N-ethyl adjacent to an activating group) is 1. The first-order valence-electron chi connectivity index (χ1n) is 10.3. The number of nitro groups is 1. The number of ether oxygens (including phenoxy) is 1. The van der Waals surface area contributed by atoms with Crippen molar-refractivity contribution >= 4 is 23.3 Å². The van der Waals surface area contributed by atoms with Crippen LogP contribution in [0.4, 0.5) is 11.4 Å². The summed E-state index contributed by atoms with van der Waals surface area (Å²) < 4.78 is 5.28. The number of benzene rings is 2. The van der Waals surface area contributed by atoms with Gasteiger partial charge in [0.2, 0.25) is 0 Å². The summed E-state index contributed by atoms with van der Waals surface area (Å²) in [6, 6.07) is 14.4. The predicted octanol–water partition coefficient (Wildman–Crippen LogP) is 3.32. The molecule has 0 spiro atoms. The van der Waals surface area contributed by atoms with Gasteiger partial charge in [-0.2, -0.15) is 0 Å². The summed E-state index contributed by atoms with van der Waals surface area (Å²) in [4.78, 5) is 39.1. The number of hydrogen-bond acceptors (Lipinski definition) is 6. The second-order valence-corrected chi connectivity index (χ2v) is 7.79. The van der Waals surface area contributed by atoms with E-state index in [1.165, 1.54) is 6.07 Å². The van der Waals surface area contributed by atoms with E-state index in [9.17, 15) is 19.7 Å². The van der Waals surface area contributed by atoms with Crippen molar-refractivity contribution in [2.45, 2.75) is 26.3 Å². The standard InChI is InChI=1S/C23H27N3O5/c1-17-7-3-4-8-19(17)15-24(2)22(27)16-31-23(28)18-11-13-25(14-12-18)20-9-5-6-10-21(20)26(29)30/h3-10,18H,11-16H2,1-2H3. The molecule has 1 aliphatic rings. The number of carbonyl (C=O) groups is 2. The lowest BCUT2D eigenvalue weighted by Crippen LogP contribution is -2.38. The molecule has 1 aliphatic heterocycles. The first-order valence-corrected chi connectivity index (χ1v) is 10.3. The SMILES string of the molecule is Cc1ccccc1CN(C)C(=O)COC(=O)C1CCN(c2ccccc2[N+](=O)[O-])CC1. The topological polar surface area (TPSA) is 93.0 Å². The van der Waals surface area contributed by atoms with Crippen molar-refractivity contribution < 1.29 is 19.2 Å². The van der Waals surface area contributed by atoms with Gasteiger partial charge in [0.1, 0.15) is 5.69 Å². The molecule has 1 heterocycles. The molecular weight excluding hydrogens is 398 g/mol. The van der Waals surface area contributed by atoms with Gasteiger partial charge >= 0.3 is 5.97 Å². The van der Waals surface area contributed by atoms with Crippen LogP contribution >= 0.6 is 0 Å². The largest absolute Gasteiger partial charge is 0.455 e. The van der Waals surface area contributed by atoms with E-state index >= 15 is 0 Å². The fourth-order valence-corrected chi connectivity index (χ4v) is 3.73. The number of anilines is 1. The quantitative estimate of drug-likeness (QED) is 0.384. The van der Waals surface area contributed by atoms with Crippen molar-refractivity contribution in [1.29, 1.82) is 0 Å². The summed E-state index contributed by atoms with van der Waals surface area (Å²) in [5, 5.41) is 11.2. The van der Waals surface area contributed by atoms with Crippen LogP contribution in [-0.4, -0.2) is 48.4 Å². The number of nitro benzene ring substituents is 1. The van der Waals surface area contributed by atoms with Crippen molar-refractivity contribution in [3.63, 3.8) is 0 Å². The van der Waals surface area contributed by atoms with Gasteiger partial charge in [-0.1, -0.05) is 36.4 Å². The molecule has 0 bridgehead atoms. The number of carbonyl (C=O) groups excluding carboxylic acids is 2. The van der Waals surface area contributed by atoms with Crippen LogP contribution in [0.15, 0.2) is 48.5 Å². The van der Waals surface area contributed by atoms with Crippen LogP contribution in [0.5, 0.6) is 0 Å². The van der Waals surface area contributed by atoms with Gasteiger partial charge in [0.15, 0.2) is 6.61 Å². The first-order chi connectivity index (χ1) is 14.9. The second-order valence-electron chi connectivity index (χ2n) is 7.79. The van der Waals surface area contributed by atoms with Gasteiger partial charge in [-0.3, -0.25) is 19.7 Å². The van der Waals surface area contributed by atoms with Crippen LogP contribution in [0.2, 0.25) is 0 Å². The maximum atomic E-state index is 12.4. The van der Waals surface area contributed by atoms with Gasteiger partial charge in [-0.05, 0) is 37.0 Å². The van der Waals surface area contributed by atoms with E-state index in [1.807, 2.05) is 36.1 Å². The fraction of sp³-hybridized carbons (Fsp3) is 0.391. The summed E-state index contributed by atoms with van der Waals surface area (Å²) in [7, 11) is 1.69. The number of amides is 1. The number of esters is 1. The summed E-state index contributed by atoms with van der Waals surface area (Å²) in [5.74, 6) is -0.956. The lowest BCUT2D eigenvalue weighted by atomic mass is 9.96. The smallest absolute Gasteiger partial charge is 0.309 e. The molecule has 31 heavy (non-hydrogen) atoms. The zero-order valence-electron chi connectivity index (χ0n) is 17.8. The maximum Gasteiger partial charge on any atom is 0.309 e. The van der Waals surface area contributed by atoms with Crippen LogP contribution in [0, 0.1) is 23.0 Å². The first kappa shape index (κ1) is 22.3. The second kappa shape index (κ2) is 10.1. The number of para-hydroxylation sites is 2. The molecule has 0 aliphatic carbocycles. The highest BCUT2D eigenvalue weighted by molar-refractivity contribution is 5.81. The molecule has 2 aromatic rings. The molecule has 0 radical (unpaired) electrons. The number of rotatable bonds is 7. The lowest BCUT2D eigenvalue weighted by molar-refractivity contribution is -0.384. The molecule has 0 N–H and O–H groups in total. The van der Waals surface area contributed by atoms with Crippen molar-refractivity contribution in [2.24, 2.45) is 5.92 Å². The van der Waals surface area contributed by atoms with Gasteiger partial charge in [-0.15, -0.1) is 0 Å². The van der Waals surface area contributed by atoms with Crippen LogP contribution in [-0.2, 0) is 20.9 Å². The van der Waals surface area contributed by atoms with Crippen LogP contribution in [0.1, 0.15) is 24.0 Å². The number of hydrogen-bond donors (Lipinski definition) is 0. The average molecular weight is 425 g/mol. The van der Waals surface area contributed by atoms with E-state index in [1.54, 1.807) is 30.1 Å². The van der Waals surface area contributed by atoms with Gasteiger partial charge < -0.3 is 14.5 Å². The molecule has 8 nitrogen and oxygen atoms in total. The summed E-state index contributed by atoms with van der Waals surface area (Å²) >= 11 is 0. The Kier molecular flexibility index (Phi) is 7.23. The average Bonchev–Trinajstić information content (AvgIpc) is 2.78. The summed E-state index contributed by atoms with van der Waals surface area (Å²) in [5.41, 5.74) is 2.77. The Morgan fingerprint density at radius 2 is 1.77 bits per heavy atom. The summed E-state index contributed by atoms with van der Waals surface area (Å²) in [6.45, 7) is 3.20. The zero-order valence-corrected chi connectivity index (χ0v) is 17.8. The molecule has 8 heteroatoms. The van der Waals surface area contributed by atoms with Crippen LogP contribution in [0.25, 0.3) is 0 Å². The number of aryl methyl sites for hydroxylation is 1. The van der Waals surface area contributed by atoms with Crippen molar-refractivity contribution in [1.82, 2.24) is 4.90 Å². The third-order valence-corrected chi connectivity index (χ3v) is 5.68. The Morgan fingerprint density at radius 3 is 2.45 bits per heavy atom. The molecule has 2 aromatic carbocycles. The minimum Gasteiger partial charge on any atom is -0.455 e. The van der Waals surface area contributed by atoms with Gasteiger partial charge in [0.05, 0.1) is 10.8 Å². The van der Waals surface area contributed by atoms with E-state index in [2.05, 4.69) is 0 Å². The zero-order chi connectivity index (χ0) is 22.4. The summed E-state index contributed by atoms with van der Waals surface area (Å²) in [6.07, 6.45) is 1.05. The minimum atomic E-state index is -0.394. The van der Waals surface area contributed by atoms with Gasteiger partial charge in [0, 0.05) is 32.7 Å². The monoisotopic (exact) mass is 425 g/mol. The van der Waals surface area contributed by atoms with Gasteiger partial charge in [0.25, 0.3) is 11.6 Å². The highest BCUT2D eigenvalue weighted by atomic mass is 16.6. The molecule has 3 rings (SSSR count). The van der Waals surface area contributed by atoms with E-state index in [0.29, 0.717) is 38.2 Å². The molecule has 1 amide bonds. The number of piperidine rings is 1. The van der Waals surface area contributed by atoms with Crippen LogP contribution in [0.3, 0.4) is 0 Å². The lowest BCUT2D eigenvalue weighted by Gasteiger charge is -2.32. The Labute approximate surface area is 181 Å². The Morgan fingerprint density at radius 1 is 1.13 bits per heavy atom. The van der Waals surface area contributed by atoms with E-state index in [-0.39, 0.29) is 30.1 Å². The normalized spacial score (nSPS) is 14.2. The van der Waals surface area contributed by atoms with Crippen molar-refractivity contribution in [2.75, 3.05) is 31.6 Å². The fourth-order valence-electron chi connectivity index (χ4n) is 3.73. The van der Waals surface area contributed by atoms with E-state index < -0.39 is 4.92 Å². The molecule has 164 valence electrons. The predicted molar refractivity (Wildman–Crippen MR) is 117 cm³/mol. The molecule has 0 aromatic heterocycles. The van der Waals surface area contributed by atoms with Gasteiger partial charge in [-0.25, -0.2) is 0 Å². The molecule has 0 atom stereocenters. The third kappa shape index (κ3) is 5.59. The van der Waals surface area contributed by atoms with E-state index in [4.69, 9.17) is 4.74 Å². The minimum absolute atomic E-state index is 0.0609. The molecule has 0 saturated carbocycles. The molecular formula is C23H27N3O5. The van der Waals surface area contributed by atoms with Crippen LogP contribution < -0.4 is 4.90 Å². The Balaban J connectivity index is 1.47. The number of nitrogens with zero attached hydrogens (tertiary/aromatic N) is 3. The molecule has 0 unspecified atom stereocenters. The third-order valence-electron chi connectivity index (χ3n) is 5.68. The Bertz CT molecular complexity index is 954. The van der Waals surface area contributed by atoms with E-state index in [0.717, 1.165) is 11.1 Å². The van der Waals surface area contributed by atoms with Crippen molar-refractivity contribution in [3.8, 4) is 0 Å². The Hall–Kier alpha value is -3.42. The van der Waals surface area contributed by atoms with Crippen molar-refractivity contribution in [3.05, 3.63) is 69.8 Å².